The van der Waals surface area contributed by atoms with Gasteiger partial charge in [0.05, 0.1) is 12.8 Å². The van der Waals surface area contributed by atoms with Gasteiger partial charge in [-0.15, -0.1) is 0 Å². The highest BCUT2D eigenvalue weighted by atomic mass is 16.7. The first-order valence-corrected chi connectivity index (χ1v) is 7.04. The predicted octanol–water partition coefficient (Wildman–Crippen LogP) is 3.51. The van der Waals surface area contributed by atoms with Gasteiger partial charge in [-0.3, -0.25) is 10.2 Å². The van der Waals surface area contributed by atoms with Crippen LogP contribution >= 0.6 is 0 Å². The van der Waals surface area contributed by atoms with Gasteiger partial charge in [0.15, 0.2) is 0 Å². The topological polar surface area (TPSA) is 59.9 Å². The lowest BCUT2D eigenvalue weighted by molar-refractivity contribution is 0.167. The molecule has 0 radical (unpaired) electrons. The molecule has 2 aromatic rings. The third-order valence-corrected chi connectivity index (χ3v) is 3.32. The van der Waals surface area contributed by atoms with Gasteiger partial charge in [0, 0.05) is 12.1 Å². The summed E-state index contributed by atoms with van der Waals surface area (Å²) in [5.41, 5.74) is 3.75. The van der Waals surface area contributed by atoms with E-state index in [4.69, 9.17) is 9.57 Å². The maximum atomic E-state index is 11.6. The first-order chi connectivity index (χ1) is 10.7. The molecule has 112 valence electrons. The van der Waals surface area contributed by atoms with Crippen LogP contribution in [0.3, 0.4) is 0 Å². The van der Waals surface area contributed by atoms with E-state index in [1.807, 2.05) is 43.3 Å². The highest BCUT2D eigenvalue weighted by Crippen LogP contribution is 2.25. The number of nitrogens with one attached hydrogen (secondary N) is 1. The molecule has 5 heteroatoms. The van der Waals surface area contributed by atoms with Gasteiger partial charge in [-0.1, -0.05) is 17.3 Å². The molecule has 0 aromatic heterocycles. The van der Waals surface area contributed by atoms with Crippen LogP contribution in [0.2, 0.25) is 0 Å². The number of benzene rings is 2. The molecular weight excluding hydrogens is 280 g/mol. The summed E-state index contributed by atoms with van der Waals surface area (Å²) in [6.07, 6.45) is 1.78. The van der Waals surface area contributed by atoms with Crippen LogP contribution in [-0.4, -0.2) is 18.9 Å². The normalized spacial score (nSPS) is 12.8. The SMILES string of the molecule is Cc1cccc(NC(=O)O/N=C/c2ccc3c(c2)CCO3)c1. The van der Waals surface area contributed by atoms with E-state index in [9.17, 15) is 4.79 Å². The number of fused-ring (bicyclic) bond motifs is 1. The average molecular weight is 296 g/mol. The van der Waals surface area contributed by atoms with Crippen molar-refractivity contribution in [1.29, 1.82) is 0 Å². The molecular formula is C17H16N2O3. The molecule has 2 aromatic carbocycles. The van der Waals surface area contributed by atoms with Crippen molar-refractivity contribution in [3.63, 3.8) is 0 Å². The molecule has 0 aliphatic carbocycles. The molecule has 0 fully saturated rings. The fraction of sp³-hybridized carbons (Fsp3) is 0.176. The molecule has 3 rings (SSSR count). The maximum absolute atomic E-state index is 11.6. The number of aryl methyl sites for hydroxylation is 1. The van der Waals surface area contributed by atoms with Gasteiger partial charge in [0.25, 0.3) is 0 Å². The lowest BCUT2D eigenvalue weighted by Gasteiger charge is -2.03. The minimum absolute atomic E-state index is 0.619. The molecule has 0 unspecified atom stereocenters. The minimum atomic E-state index is -0.619. The summed E-state index contributed by atoms with van der Waals surface area (Å²) in [4.78, 5) is 16.4. The van der Waals surface area contributed by atoms with Crippen molar-refractivity contribution in [1.82, 2.24) is 0 Å². The Kier molecular flexibility index (Phi) is 4.05. The fourth-order valence-electron chi connectivity index (χ4n) is 2.29. The summed E-state index contributed by atoms with van der Waals surface area (Å²) in [7, 11) is 0. The summed E-state index contributed by atoms with van der Waals surface area (Å²) >= 11 is 0. The largest absolute Gasteiger partial charge is 0.493 e. The molecule has 0 spiro atoms. The van der Waals surface area contributed by atoms with Crippen molar-refractivity contribution >= 4 is 18.0 Å². The van der Waals surface area contributed by atoms with E-state index in [0.29, 0.717) is 12.3 Å². The number of rotatable bonds is 3. The van der Waals surface area contributed by atoms with Crippen molar-refractivity contribution in [2.45, 2.75) is 13.3 Å². The van der Waals surface area contributed by atoms with Gasteiger partial charge in [-0.05, 0) is 53.9 Å². The molecule has 0 saturated carbocycles. The molecule has 1 N–H and O–H groups in total. The highest BCUT2D eigenvalue weighted by molar-refractivity contribution is 5.86. The standard InChI is InChI=1S/C17H16N2O3/c1-12-3-2-4-15(9-12)19-17(20)22-18-11-13-5-6-16-14(10-13)7-8-21-16/h2-6,9-11H,7-8H2,1H3,(H,19,20)/b18-11+. The summed E-state index contributed by atoms with van der Waals surface area (Å²) < 4.78 is 5.43. The quantitative estimate of drug-likeness (QED) is 0.535. The van der Waals surface area contributed by atoms with Crippen LogP contribution in [0, 0.1) is 6.92 Å². The van der Waals surface area contributed by atoms with Gasteiger partial charge in [-0.25, -0.2) is 4.79 Å². The van der Waals surface area contributed by atoms with Crippen LogP contribution in [0.25, 0.3) is 0 Å². The first-order valence-electron chi connectivity index (χ1n) is 7.04. The second kappa shape index (κ2) is 6.30. The Labute approximate surface area is 128 Å². The monoisotopic (exact) mass is 296 g/mol. The number of carbonyl (C=O) groups excluding carboxylic acids is 1. The number of carbonyl (C=O) groups is 1. The number of nitrogens with zero attached hydrogens (tertiary/aromatic N) is 1. The van der Waals surface area contributed by atoms with Gasteiger partial charge in [0.1, 0.15) is 5.75 Å². The van der Waals surface area contributed by atoms with E-state index in [1.54, 1.807) is 6.07 Å². The van der Waals surface area contributed by atoms with Crippen LogP contribution in [-0.2, 0) is 11.3 Å². The lowest BCUT2D eigenvalue weighted by Crippen LogP contribution is -2.10. The number of oxime groups is 1. The maximum Gasteiger partial charge on any atom is 0.437 e. The van der Waals surface area contributed by atoms with Crippen molar-refractivity contribution in [2.24, 2.45) is 5.16 Å². The fourth-order valence-corrected chi connectivity index (χ4v) is 2.29. The van der Waals surface area contributed by atoms with Crippen LogP contribution in [0.15, 0.2) is 47.6 Å². The van der Waals surface area contributed by atoms with Crippen LogP contribution in [0.5, 0.6) is 5.75 Å². The van der Waals surface area contributed by atoms with Crippen molar-refractivity contribution in [3.05, 3.63) is 59.2 Å². The highest BCUT2D eigenvalue weighted by Gasteiger charge is 2.11. The molecule has 1 amide bonds. The second-order valence-electron chi connectivity index (χ2n) is 5.07. The van der Waals surface area contributed by atoms with E-state index in [1.165, 1.54) is 6.21 Å². The zero-order valence-corrected chi connectivity index (χ0v) is 12.2. The average Bonchev–Trinajstić information content (AvgIpc) is 2.95. The zero-order chi connectivity index (χ0) is 15.4. The Bertz CT molecular complexity index is 726. The summed E-state index contributed by atoms with van der Waals surface area (Å²) in [6, 6.07) is 13.2. The summed E-state index contributed by atoms with van der Waals surface area (Å²) in [5, 5.41) is 6.32. The molecule has 0 atom stereocenters. The molecule has 1 heterocycles. The summed E-state index contributed by atoms with van der Waals surface area (Å²) in [6.45, 7) is 2.66. The van der Waals surface area contributed by atoms with Crippen LogP contribution < -0.4 is 10.1 Å². The third-order valence-electron chi connectivity index (χ3n) is 3.32. The van der Waals surface area contributed by atoms with Gasteiger partial charge in [0.2, 0.25) is 0 Å². The van der Waals surface area contributed by atoms with Gasteiger partial charge >= 0.3 is 6.09 Å². The van der Waals surface area contributed by atoms with Crippen molar-refractivity contribution < 1.29 is 14.4 Å². The van der Waals surface area contributed by atoms with E-state index in [2.05, 4.69) is 10.5 Å². The van der Waals surface area contributed by atoms with Crippen molar-refractivity contribution in [3.8, 4) is 5.75 Å². The lowest BCUT2D eigenvalue weighted by atomic mass is 10.1. The first kappa shape index (κ1) is 14.1. The Hall–Kier alpha value is -2.82. The second-order valence-corrected chi connectivity index (χ2v) is 5.07. The zero-order valence-electron chi connectivity index (χ0n) is 12.2. The third kappa shape index (κ3) is 3.44. The van der Waals surface area contributed by atoms with Gasteiger partial charge in [-0.2, -0.15) is 0 Å². The Morgan fingerprint density at radius 2 is 2.23 bits per heavy atom. The number of hydrogen-bond acceptors (Lipinski definition) is 4. The van der Waals surface area contributed by atoms with E-state index < -0.39 is 6.09 Å². The van der Waals surface area contributed by atoms with Crippen molar-refractivity contribution in [2.75, 3.05) is 11.9 Å². The van der Waals surface area contributed by atoms with E-state index >= 15 is 0 Å². The number of anilines is 1. The minimum Gasteiger partial charge on any atom is -0.493 e. The number of hydrogen-bond donors (Lipinski definition) is 1. The predicted molar refractivity (Wildman–Crippen MR) is 84.5 cm³/mol. The van der Waals surface area contributed by atoms with Crippen LogP contribution in [0.1, 0.15) is 16.7 Å². The Morgan fingerprint density at radius 3 is 3.09 bits per heavy atom. The Morgan fingerprint density at radius 1 is 1.32 bits per heavy atom. The smallest absolute Gasteiger partial charge is 0.437 e. The van der Waals surface area contributed by atoms with Crippen LogP contribution in [0.4, 0.5) is 10.5 Å². The van der Waals surface area contributed by atoms with E-state index in [-0.39, 0.29) is 0 Å². The summed E-state index contributed by atoms with van der Waals surface area (Å²) in [5.74, 6) is 0.912. The molecule has 0 saturated heterocycles. The molecule has 22 heavy (non-hydrogen) atoms. The Balaban J connectivity index is 1.56. The molecule has 1 aliphatic rings. The molecule has 0 bridgehead atoms. The number of ether oxygens (including phenoxy) is 1. The van der Waals surface area contributed by atoms with Gasteiger partial charge < -0.3 is 4.74 Å². The number of amides is 1. The molecule has 5 nitrogen and oxygen atoms in total. The molecule has 1 aliphatic heterocycles. The van der Waals surface area contributed by atoms with E-state index in [0.717, 1.165) is 28.9 Å².